The first-order valence-corrected chi connectivity index (χ1v) is 12.7. The summed E-state index contributed by atoms with van der Waals surface area (Å²) < 4.78 is -0.572. The highest BCUT2D eigenvalue weighted by molar-refractivity contribution is 8.00. The minimum atomic E-state index is -1.60. The molecule has 9 heteroatoms. The van der Waals surface area contributed by atoms with E-state index >= 15 is 0 Å². The van der Waals surface area contributed by atoms with Crippen molar-refractivity contribution < 1.29 is 24.6 Å². The predicted octanol–water partition coefficient (Wildman–Crippen LogP) is 3.02. The van der Waals surface area contributed by atoms with E-state index in [0.29, 0.717) is 5.56 Å². The molecule has 0 spiro atoms. The van der Waals surface area contributed by atoms with Crippen LogP contribution in [0.4, 0.5) is 0 Å². The Morgan fingerprint density at radius 1 is 1.19 bits per heavy atom. The maximum atomic E-state index is 13.6. The van der Waals surface area contributed by atoms with Crippen LogP contribution >= 0.6 is 11.8 Å². The van der Waals surface area contributed by atoms with Gasteiger partial charge < -0.3 is 25.7 Å². The molecule has 1 fully saturated rings. The molecule has 37 heavy (non-hydrogen) atoms. The molecule has 0 saturated carbocycles. The number of rotatable bonds is 9. The van der Waals surface area contributed by atoms with Crippen molar-refractivity contribution in [1.82, 2.24) is 15.5 Å². The molecule has 3 rings (SSSR count). The lowest BCUT2D eigenvalue weighted by molar-refractivity contribution is -0.147. The number of carbonyl (C=O) groups excluding carboxylic acids is 3. The Kier molecular flexibility index (Phi) is 10.3. The van der Waals surface area contributed by atoms with Gasteiger partial charge in [-0.3, -0.25) is 14.4 Å². The van der Waals surface area contributed by atoms with E-state index in [1.807, 2.05) is 44.2 Å². The minimum absolute atomic E-state index is 0. The number of aliphatic hydroxyl groups excluding tert-OH is 1. The van der Waals surface area contributed by atoms with Crippen LogP contribution < -0.4 is 10.6 Å². The molecule has 0 aromatic heterocycles. The van der Waals surface area contributed by atoms with Crippen molar-refractivity contribution in [1.29, 1.82) is 0 Å². The Hall–Kier alpha value is -3.30. The zero-order chi connectivity index (χ0) is 26.5. The van der Waals surface area contributed by atoms with E-state index in [2.05, 4.69) is 17.2 Å². The van der Waals surface area contributed by atoms with E-state index in [4.69, 9.17) is 0 Å². The number of thioether (sulfide) groups is 1. The van der Waals surface area contributed by atoms with E-state index < -0.39 is 34.7 Å². The van der Waals surface area contributed by atoms with Crippen LogP contribution in [0.5, 0.6) is 5.75 Å². The molecule has 2 aromatic carbocycles. The maximum Gasteiger partial charge on any atom is 0.254 e. The van der Waals surface area contributed by atoms with Crippen LogP contribution in [-0.4, -0.2) is 68.2 Å². The number of phenols is 1. The van der Waals surface area contributed by atoms with Gasteiger partial charge in [0.15, 0.2) is 6.10 Å². The van der Waals surface area contributed by atoms with Gasteiger partial charge in [0.25, 0.3) is 11.8 Å². The Labute approximate surface area is 223 Å². The number of benzene rings is 2. The molecule has 3 unspecified atom stereocenters. The molecular formula is C28H37N3O5S. The predicted molar refractivity (Wildman–Crippen MR) is 147 cm³/mol. The first-order valence-electron chi connectivity index (χ1n) is 11.7. The van der Waals surface area contributed by atoms with Crippen molar-refractivity contribution >= 4 is 29.5 Å². The summed E-state index contributed by atoms with van der Waals surface area (Å²) in [6.45, 7) is 9.25. The molecule has 0 bridgehead atoms. The van der Waals surface area contributed by atoms with Crippen molar-refractivity contribution in [3.8, 4) is 5.75 Å². The Bertz CT molecular complexity index is 1120. The minimum Gasteiger partial charge on any atom is -0.508 e. The molecule has 3 amide bonds. The average molecular weight is 528 g/mol. The fourth-order valence-corrected chi connectivity index (χ4v) is 5.39. The molecule has 1 saturated heterocycles. The second kappa shape index (κ2) is 12.8. The van der Waals surface area contributed by atoms with Gasteiger partial charge in [-0.25, -0.2) is 0 Å². The summed E-state index contributed by atoms with van der Waals surface area (Å²) in [6, 6.07) is 12.0. The van der Waals surface area contributed by atoms with Crippen LogP contribution in [0.15, 0.2) is 61.2 Å². The number of hydrogen-bond acceptors (Lipinski definition) is 6. The lowest BCUT2D eigenvalue weighted by atomic mass is 9.96. The van der Waals surface area contributed by atoms with Gasteiger partial charge in [0.2, 0.25) is 5.91 Å². The first-order chi connectivity index (χ1) is 17.1. The number of hydrogen-bond donors (Lipinski definition) is 4. The van der Waals surface area contributed by atoms with Crippen LogP contribution in [0.3, 0.4) is 0 Å². The third kappa shape index (κ3) is 6.93. The summed E-state index contributed by atoms with van der Waals surface area (Å²) in [7, 11) is 0. The van der Waals surface area contributed by atoms with Gasteiger partial charge in [-0.15, -0.1) is 18.3 Å². The standard InChI is InChI=1S/C27H33N3O5S.CH4/c1-5-14-28-25(34)23-27(3,4)36-16-30(23)26(35)22(32)20(15-18-10-7-6-8-11-18)29-24(33)19-12-9-13-21(31)17(19)2;/h5-13,20,22-23,31-32H,1,14-16H2,2-4H3,(H,28,34)(H,29,33);1H4. The topological polar surface area (TPSA) is 119 Å². The lowest BCUT2D eigenvalue weighted by Gasteiger charge is -2.33. The number of amides is 3. The third-order valence-corrected chi connectivity index (χ3v) is 7.67. The number of aromatic hydroxyl groups is 1. The van der Waals surface area contributed by atoms with E-state index in [1.54, 1.807) is 25.1 Å². The van der Waals surface area contributed by atoms with Crippen LogP contribution in [0.25, 0.3) is 0 Å². The zero-order valence-electron chi connectivity index (χ0n) is 20.7. The fraction of sp³-hybridized carbons (Fsp3) is 0.393. The Morgan fingerprint density at radius 2 is 1.86 bits per heavy atom. The van der Waals surface area contributed by atoms with E-state index in [1.165, 1.54) is 22.7 Å². The highest BCUT2D eigenvalue weighted by atomic mass is 32.2. The normalized spacial score (nSPS) is 17.7. The highest BCUT2D eigenvalue weighted by Crippen LogP contribution is 2.39. The maximum absolute atomic E-state index is 13.6. The van der Waals surface area contributed by atoms with Gasteiger partial charge >= 0.3 is 0 Å². The largest absolute Gasteiger partial charge is 0.508 e. The summed E-state index contributed by atoms with van der Waals surface area (Å²) in [5, 5.41) is 26.8. The smallest absolute Gasteiger partial charge is 0.254 e. The molecular weight excluding hydrogens is 490 g/mol. The van der Waals surface area contributed by atoms with Gasteiger partial charge in [0, 0.05) is 22.4 Å². The molecule has 8 nitrogen and oxygen atoms in total. The third-order valence-electron chi connectivity index (χ3n) is 6.30. The van der Waals surface area contributed by atoms with Gasteiger partial charge in [0.05, 0.1) is 11.9 Å². The van der Waals surface area contributed by atoms with Gasteiger partial charge in [-0.05, 0) is 44.9 Å². The van der Waals surface area contributed by atoms with Crippen LogP contribution in [0.2, 0.25) is 0 Å². The van der Waals surface area contributed by atoms with Crippen molar-refractivity contribution in [3.05, 3.63) is 77.9 Å². The highest BCUT2D eigenvalue weighted by Gasteiger charge is 2.49. The van der Waals surface area contributed by atoms with Crippen LogP contribution in [0, 0.1) is 6.92 Å². The van der Waals surface area contributed by atoms with Gasteiger partial charge in [0.1, 0.15) is 11.8 Å². The monoisotopic (exact) mass is 527 g/mol. The molecule has 200 valence electrons. The molecule has 1 aliphatic rings. The Balaban J connectivity index is 0.00000481. The fourth-order valence-electron chi connectivity index (χ4n) is 4.25. The number of nitrogens with zero attached hydrogens (tertiary/aromatic N) is 1. The van der Waals surface area contributed by atoms with Gasteiger partial charge in [-0.2, -0.15) is 0 Å². The summed E-state index contributed by atoms with van der Waals surface area (Å²) in [4.78, 5) is 41.0. The summed E-state index contributed by atoms with van der Waals surface area (Å²) in [5.74, 6) is -1.28. The summed E-state index contributed by atoms with van der Waals surface area (Å²) >= 11 is 1.45. The van der Waals surface area contributed by atoms with E-state index in [9.17, 15) is 24.6 Å². The van der Waals surface area contributed by atoms with Crippen molar-refractivity contribution in [2.45, 2.75) is 57.6 Å². The van der Waals surface area contributed by atoms with Crippen molar-refractivity contribution in [3.63, 3.8) is 0 Å². The molecule has 1 heterocycles. The quantitative estimate of drug-likeness (QED) is 0.372. The second-order valence-corrected chi connectivity index (χ2v) is 10.9. The number of phenolic OH excluding ortho intramolecular Hbond substituents is 1. The average Bonchev–Trinajstić information content (AvgIpc) is 3.18. The van der Waals surface area contributed by atoms with Gasteiger partial charge in [-0.1, -0.05) is 49.9 Å². The SMILES string of the molecule is C.C=CCNC(=O)C1N(C(=O)C(O)C(Cc2ccccc2)NC(=O)c2cccc(O)c2C)CSC1(C)C. The van der Waals surface area contributed by atoms with Crippen LogP contribution in [0.1, 0.15) is 42.8 Å². The molecule has 2 aromatic rings. The lowest BCUT2D eigenvalue weighted by Crippen LogP contribution is -2.58. The second-order valence-electron chi connectivity index (χ2n) is 9.29. The van der Waals surface area contributed by atoms with E-state index in [-0.39, 0.29) is 43.5 Å². The number of aliphatic hydroxyl groups is 1. The molecule has 4 N–H and O–H groups in total. The first kappa shape index (κ1) is 29.9. The number of nitrogens with one attached hydrogen (secondary N) is 2. The number of carbonyl (C=O) groups is 3. The molecule has 0 aliphatic carbocycles. The molecule has 1 aliphatic heterocycles. The molecule has 0 radical (unpaired) electrons. The Morgan fingerprint density at radius 3 is 2.51 bits per heavy atom. The summed E-state index contributed by atoms with van der Waals surface area (Å²) in [5.41, 5.74) is 1.46. The van der Waals surface area contributed by atoms with Crippen LogP contribution in [-0.2, 0) is 16.0 Å². The van der Waals surface area contributed by atoms with Crippen molar-refractivity contribution in [2.24, 2.45) is 0 Å². The summed E-state index contributed by atoms with van der Waals surface area (Å²) in [6.07, 6.45) is 0.147. The van der Waals surface area contributed by atoms with E-state index in [0.717, 1.165) is 5.56 Å². The van der Waals surface area contributed by atoms with Crippen molar-refractivity contribution in [2.75, 3.05) is 12.4 Å². The molecule has 3 atom stereocenters. The zero-order valence-corrected chi connectivity index (χ0v) is 21.5.